The van der Waals surface area contributed by atoms with Crippen molar-refractivity contribution in [3.63, 3.8) is 0 Å². The number of amides is 1. The second kappa shape index (κ2) is 6.27. The first-order valence-electron chi connectivity index (χ1n) is 5.64. The van der Waals surface area contributed by atoms with Gasteiger partial charge < -0.3 is 15.7 Å². The van der Waals surface area contributed by atoms with Crippen LogP contribution < -0.4 is 10.6 Å². The maximum Gasteiger partial charge on any atom is 0.416 e. The van der Waals surface area contributed by atoms with Crippen molar-refractivity contribution in [2.75, 3.05) is 18.9 Å². The van der Waals surface area contributed by atoms with Crippen molar-refractivity contribution in [3.05, 3.63) is 29.3 Å². The van der Waals surface area contributed by atoms with Crippen molar-refractivity contribution < 1.29 is 27.9 Å². The van der Waals surface area contributed by atoms with Gasteiger partial charge >= 0.3 is 12.1 Å². The minimum absolute atomic E-state index is 0.0365. The quantitative estimate of drug-likeness (QED) is 0.774. The van der Waals surface area contributed by atoms with Crippen molar-refractivity contribution in [2.45, 2.75) is 12.6 Å². The molecule has 1 rings (SSSR count). The Hall–Kier alpha value is -2.25. The average molecular weight is 290 g/mol. The Labute approximate surface area is 112 Å². The van der Waals surface area contributed by atoms with Gasteiger partial charge in [-0.05, 0) is 18.2 Å². The number of carbonyl (C=O) groups is 2. The van der Waals surface area contributed by atoms with Crippen LogP contribution in [0, 0.1) is 0 Å². The number of anilines is 1. The number of hydrogen-bond acceptors (Lipinski definition) is 3. The number of carbonyl (C=O) groups excluding carboxylic acids is 1. The van der Waals surface area contributed by atoms with Crippen LogP contribution in [0.5, 0.6) is 0 Å². The van der Waals surface area contributed by atoms with Crippen LogP contribution >= 0.6 is 0 Å². The maximum absolute atomic E-state index is 12.5. The molecule has 110 valence electrons. The predicted molar refractivity (Wildman–Crippen MR) is 65.6 cm³/mol. The average Bonchev–Trinajstić information content (AvgIpc) is 2.37. The molecule has 1 aromatic carbocycles. The SMILES string of the molecule is CNC(=O)CCNc1ccc(C(F)(F)F)cc1C(=O)O. The number of alkyl halides is 3. The highest BCUT2D eigenvalue weighted by Gasteiger charge is 2.31. The van der Waals surface area contributed by atoms with Gasteiger partial charge in [0, 0.05) is 25.7 Å². The molecule has 0 radical (unpaired) electrons. The molecule has 5 nitrogen and oxygen atoms in total. The van der Waals surface area contributed by atoms with Crippen molar-refractivity contribution in [1.29, 1.82) is 0 Å². The summed E-state index contributed by atoms with van der Waals surface area (Å²) in [7, 11) is 1.45. The number of hydrogen-bond donors (Lipinski definition) is 3. The van der Waals surface area contributed by atoms with Crippen LogP contribution in [0.15, 0.2) is 18.2 Å². The van der Waals surface area contributed by atoms with Crippen molar-refractivity contribution in [1.82, 2.24) is 5.32 Å². The molecule has 1 amide bonds. The molecule has 0 bridgehead atoms. The molecule has 0 spiro atoms. The molecule has 0 fully saturated rings. The first-order valence-corrected chi connectivity index (χ1v) is 5.64. The third-order valence-electron chi connectivity index (χ3n) is 2.52. The summed E-state index contributed by atoms with van der Waals surface area (Å²) in [5.74, 6) is -1.74. The first kappa shape index (κ1) is 15.8. The van der Waals surface area contributed by atoms with E-state index < -0.39 is 23.3 Å². The molecule has 0 heterocycles. The fourth-order valence-electron chi connectivity index (χ4n) is 1.49. The summed E-state index contributed by atoms with van der Waals surface area (Å²) in [5, 5.41) is 13.9. The lowest BCUT2D eigenvalue weighted by molar-refractivity contribution is -0.137. The molecule has 1 aromatic rings. The number of aromatic carboxylic acids is 1. The van der Waals surface area contributed by atoms with E-state index in [1.807, 2.05) is 0 Å². The lowest BCUT2D eigenvalue weighted by atomic mass is 10.1. The zero-order valence-electron chi connectivity index (χ0n) is 10.5. The van der Waals surface area contributed by atoms with E-state index in [9.17, 15) is 22.8 Å². The summed E-state index contributed by atoms with van der Waals surface area (Å²) in [4.78, 5) is 22.0. The molecule has 0 aliphatic heterocycles. The van der Waals surface area contributed by atoms with Gasteiger partial charge in [0.25, 0.3) is 0 Å². The number of carboxylic acid groups (broad SMARTS) is 1. The normalized spacial score (nSPS) is 11.0. The molecule has 0 unspecified atom stereocenters. The molecular formula is C12H13F3N2O3. The molecule has 0 aliphatic carbocycles. The summed E-state index contributed by atoms with van der Waals surface area (Å²) in [6, 6.07) is 2.38. The van der Waals surface area contributed by atoms with Gasteiger partial charge in [0.15, 0.2) is 0 Å². The van der Waals surface area contributed by atoms with Crippen LogP contribution in [0.4, 0.5) is 18.9 Å². The second-order valence-electron chi connectivity index (χ2n) is 3.91. The Balaban J connectivity index is 2.91. The number of nitrogens with one attached hydrogen (secondary N) is 2. The van der Waals surface area contributed by atoms with Gasteiger partial charge in [-0.25, -0.2) is 4.79 Å². The van der Waals surface area contributed by atoms with Crippen molar-refractivity contribution in [3.8, 4) is 0 Å². The molecule has 0 saturated heterocycles. The van der Waals surface area contributed by atoms with Crippen LogP contribution in [-0.2, 0) is 11.0 Å². The smallest absolute Gasteiger partial charge is 0.416 e. The number of rotatable bonds is 5. The van der Waals surface area contributed by atoms with E-state index >= 15 is 0 Å². The van der Waals surface area contributed by atoms with Gasteiger partial charge in [-0.1, -0.05) is 0 Å². The Morgan fingerprint density at radius 3 is 2.45 bits per heavy atom. The monoisotopic (exact) mass is 290 g/mol. The van der Waals surface area contributed by atoms with Gasteiger partial charge in [-0.3, -0.25) is 4.79 Å². The van der Waals surface area contributed by atoms with Crippen LogP contribution in [0.25, 0.3) is 0 Å². The highest BCUT2D eigenvalue weighted by molar-refractivity contribution is 5.94. The van der Waals surface area contributed by atoms with E-state index in [4.69, 9.17) is 5.11 Å². The fourth-order valence-corrected chi connectivity index (χ4v) is 1.49. The van der Waals surface area contributed by atoms with Gasteiger partial charge in [0.05, 0.1) is 11.1 Å². The molecule has 0 aliphatic rings. The minimum Gasteiger partial charge on any atom is -0.478 e. The Morgan fingerprint density at radius 1 is 1.30 bits per heavy atom. The molecule has 8 heteroatoms. The van der Waals surface area contributed by atoms with Crippen LogP contribution in [-0.4, -0.2) is 30.6 Å². The van der Waals surface area contributed by atoms with E-state index in [2.05, 4.69) is 10.6 Å². The zero-order chi connectivity index (χ0) is 15.3. The van der Waals surface area contributed by atoms with Crippen LogP contribution in [0.1, 0.15) is 22.3 Å². The van der Waals surface area contributed by atoms with Gasteiger partial charge in [0.2, 0.25) is 5.91 Å². The number of benzene rings is 1. The van der Waals surface area contributed by atoms with Gasteiger partial charge in [-0.15, -0.1) is 0 Å². The number of halogens is 3. The zero-order valence-corrected chi connectivity index (χ0v) is 10.5. The van der Waals surface area contributed by atoms with E-state index in [0.717, 1.165) is 12.1 Å². The third kappa shape index (κ3) is 4.15. The lowest BCUT2D eigenvalue weighted by Gasteiger charge is -2.12. The minimum atomic E-state index is -4.61. The van der Waals surface area contributed by atoms with E-state index in [1.165, 1.54) is 7.05 Å². The topological polar surface area (TPSA) is 78.4 Å². The standard InChI is InChI=1S/C12H13F3N2O3/c1-16-10(18)4-5-17-9-3-2-7(12(13,14)15)6-8(9)11(19)20/h2-3,6,17H,4-5H2,1H3,(H,16,18)(H,19,20). The highest BCUT2D eigenvalue weighted by Crippen LogP contribution is 2.31. The molecule has 20 heavy (non-hydrogen) atoms. The Bertz CT molecular complexity index is 515. The molecule has 3 N–H and O–H groups in total. The van der Waals surface area contributed by atoms with E-state index in [1.54, 1.807) is 0 Å². The highest BCUT2D eigenvalue weighted by atomic mass is 19.4. The van der Waals surface area contributed by atoms with Gasteiger partial charge in [-0.2, -0.15) is 13.2 Å². The third-order valence-corrected chi connectivity index (χ3v) is 2.52. The molecule has 0 atom stereocenters. The predicted octanol–water partition coefficient (Wildman–Crippen LogP) is 1.95. The lowest BCUT2D eigenvalue weighted by Crippen LogP contribution is -2.21. The van der Waals surface area contributed by atoms with Crippen molar-refractivity contribution in [2.24, 2.45) is 0 Å². The van der Waals surface area contributed by atoms with Crippen LogP contribution in [0.2, 0.25) is 0 Å². The molecule has 0 saturated carbocycles. The number of carboxylic acids is 1. The fraction of sp³-hybridized carbons (Fsp3) is 0.333. The summed E-state index contributed by atoms with van der Waals surface area (Å²) in [5.41, 5.74) is -1.49. The second-order valence-corrected chi connectivity index (χ2v) is 3.91. The summed E-state index contributed by atoms with van der Waals surface area (Å²) >= 11 is 0. The van der Waals surface area contributed by atoms with Gasteiger partial charge in [0.1, 0.15) is 0 Å². The largest absolute Gasteiger partial charge is 0.478 e. The summed E-state index contributed by atoms with van der Waals surface area (Å²) < 4.78 is 37.5. The van der Waals surface area contributed by atoms with E-state index in [-0.39, 0.29) is 24.6 Å². The van der Waals surface area contributed by atoms with E-state index in [0.29, 0.717) is 6.07 Å². The van der Waals surface area contributed by atoms with Crippen molar-refractivity contribution >= 4 is 17.6 Å². The maximum atomic E-state index is 12.5. The first-order chi connectivity index (χ1) is 9.25. The summed E-state index contributed by atoms with van der Waals surface area (Å²) in [6.07, 6.45) is -4.53. The van der Waals surface area contributed by atoms with Crippen LogP contribution in [0.3, 0.4) is 0 Å². The molecule has 0 aromatic heterocycles. The molecular weight excluding hydrogens is 277 g/mol. The summed E-state index contributed by atoms with van der Waals surface area (Å²) in [6.45, 7) is 0.116. The Morgan fingerprint density at radius 2 is 1.95 bits per heavy atom. The Kier molecular flexibility index (Phi) is 4.95.